The Morgan fingerprint density at radius 2 is 1.69 bits per heavy atom. The fourth-order valence-corrected chi connectivity index (χ4v) is 2.26. The monoisotopic (exact) mass is 356 g/mol. The fourth-order valence-electron chi connectivity index (χ4n) is 2.26. The van der Waals surface area contributed by atoms with Crippen molar-refractivity contribution in [3.63, 3.8) is 0 Å². The summed E-state index contributed by atoms with van der Waals surface area (Å²) in [6, 6.07) is 6.62. The van der Waals surface area contributed by atoms with Gasteiger partial charge in [0, 0.05) is 23.4 Å². The summed E-state index contributed by atoms with van der Waals surface area (Å²) in [5.74, 6) is -1.54. The average Bonchev–Trinajstić information content (AvgIpc) is 3.29. The van der Waals surface area contributed by atoms with Gasteiger partial charge in [-0.2, -0.15) is 5.10 Å². The summed E-state index contributed by atoms with van der Waals surface area (Å²) in [5, 5.41) is 18.8. The van der Waals surface area contributed by atoms with Crippen molar-refractivity contribution < 1.29 is 19.5 Å². The minimum absolute atomic E-state index is 0.142. The number of hydrogen-bond donors (Lipinski definition) is 3. The van der Waals surface area contributed by atoms with Crippen molar-refractivity contribution in [1.29, 1.82) is 0 Å². The quantitative estimate of drug-likeness (QED) is 0.731. The van der Waals surface area contributed by atoms with E-state index in [1.54, 1.807) is 24.3 Å². The van der Waals surface area contributed by atoms with Crippen molar-refractivity contribution in [2.75, 3.05) is 5.32 Å². The third-order valence-corrected chi connectivity index (χ3v) is 4.26. The molecule has 1 fully saturated rings. The predicted molar refractivity (Wildman–Crippen MR) is 94.1 cm³/mol. The van der Waals surface area contributed by atoms with Crippen LogP contribution in [0.2, 0.25) is 0 Å². The Labute approximate surface area is 150 Å². The highest BCUT2D eigenvalue weighted by molar-refractivity contribution is 6.05. The van der Waals surface area contributed by atoms with Crippen LogP contribution in [-0.4, -0.2) is 38.7 Å². The molecule has 0 bridgehead atoms. The number of aromatic nitrogens is 2. The number of amides is 2. The molecule has 0 saturated heterocycles. The van der Waals surface area contributed by atoms with Gasteiger partial charge in [0.1, 0.15) is 0 Å². The van der Waals surface area contributed by atoms with Gasteiger partial charge in [0.15, 0.2) is 5.54 Å². The van der Waals surface area contributed by atoms with E-state index in [1.165, 1.54) is 30.9 Å². The fraction of sp³-hybridized carbons (Fsp3) is 0.333. The van der Waals surface area contributed by atoms with Gasteiger partial charge < -0.3 is 15.7 Å². The topological polar surface area (TPSA) is 113 Å². The summed E-state index contributed by atoms with van der Waals surface area (Å²) < 4.78 is 1.27. The zero-order chi connectivity index (χ0) is 18.9. The van der Waals surface area contributed by atoms with Gasteiger partial charge in [-0.1, -0.05) is 0 Å². The van der Waals surface area contributed by atoms with E-state index in [4.69, 9.17) is 0 Å². The zero-order valence-electron chi connectivity index (χ0n) is 14.5. The molecule has 3 rings (SSSR count). The molecule has 2 aromatic rings. The van der Waals surface area contributed by atoms with Gasteiger partial charge in [0.05, 0.1) is 11.9 Å². The Hall–Kier alpha value is -3.16. The smallest absolute Gasteiger partial charge is 0.331 e. The van der Waals surface area contributed by atoms with Gasteiger partial charge in [-0.05, 0) is 51.0 Å². The van der Waals surface area contributed by atoms with Crippen LogP contribution in [-0.2, 0) is 10.3 Å². The molecule has 1 aliphatic rings. The summed E-state index contributed by atoms with van der Waals surface area (Å²) >= 11 is 0. The Balaban J connectivity index is 1.65. The minimum Gasteiger partial charge on any atom is -0.479 e. The van der Waals surface area contributed by atoms with Gasteiger partial charge >= 0.3 is 5.97 Å². The maximum atomic E-state index is 12.3. The molecule has 0 spiro atoms. The molecular weight excluding hydrogens is 336 g/mol. The Kier molecular flexibility index (Phi) is 4.50. The molecule has 26 heavy (non-hydrogen) atoms. The van der Waals surface area contributed by atoms with Crippen molar-refractivity contribution in [3.8, 4) is 0 Å². The minimum atomic E-state index is -1.22. The lowest BCUT2D eigenvalue weighted by atomic mass is 10.1. The molecule has 1 heterocycles. The molecule has 3 N–H and O–H groups in total. The molecule has 136 valence electrons. The lowest BCUT2D eigenvalue weighted by Crippen LogP contribution is -2.35. The van der Waals surface area contributed by atoms with E-state index in [0.717, 1.165) is 12.8 Å². The Morgan fingerprint density at radius 1 is 1.12 bits per heavy atom. The molecule has 2 amide bonds. The number of benzene rings is 1. The first-order chi connectivity index (χ1) is 12.3. The molecule has 0 atom stereocenters. The van der Waals surface area contributed by atoms with E-state index in [2.05, 4.69) is 15.7 Å². The number of carbonyl (C=O) groups is 3. The molecule has 1 aromatic heterocycles. The lowest BCUT2D eigenvalue weighted by molar-refractivity contribution is -0.146. The van der Waals surface area contributed by atoms with Crippen LogP contribution >= 0.6 is 0 Å². The maximum Gasteiger partial charge on any atom is 0.331 e. The summed E-state index contributed by atoms with van der Waals surface area (Å²) in [4.78, 5) is 35.5. The van der Waals surface area contributed by atoms with Crippen molar-refractivity contribution >= 4 is 23.5 Å². The number of hydrogen-bond acceptors (Lipinski definition) is 4. The number of aliphatic carboxylic acids is 1. The number of nitrogens with one attached hydrogen (secondary N) is 2. The second-order valence-corrected chi connectivity index (χ2v) is 6.82. The standard InChI is InChI=1S/C18H20N4O4/c1-18(2,17(25)26)22-10-14(9-19-22)21-16(24)12-5-3-11(4-6-12)15(23)20-13-7-8-13/h3-6,9-10,13H,7-8H2,1-2H3,(H,20,23)(H,21,24)(H,25,26). The van der Waals surface area contributed by atoms with E-state index in [9.17, 15) is 19.5 Å². The Bertz CT molecular complexity index is 850. The molecule has 1 aromatic carbocycles. The third kappa shape index (κ3) is 3.74. The van der Waals surface area contributed by atoms with E-state index < -0.39 is 11.5 Å². The summed E-state index contributed by atoms with van der Waals surface area (Å²) in [5.41, 5.74) is 0.0575. The first-order valence-electron chi connectivity index (χ1n) is 8.28. The third-order valence-electron chi connectivity index (χ3n) is 4.26. The number of carboxylic acid groups (broad SMARTS) is 1. The number of carbonyl (C=O) groups excluding carboxylic acids is 2. The van der Waals surface area contributed by atoms with Crippen LogP contribution in [0.15, 0.2) is 36.7 Å². The van der Waals surface area contributed by atoms with Crippen LogP contribution in [0.3, 0.4) is 0 Å². The van der Waals surface area contributed by atoms with Gasteiger partial charge in [-0.3, -0.25) is 14.3 Å². The van der Waals surface area contributed by atoms with Crippen LogP contribution in [0.5, 0.6) is 0 Å². The van der Waals surface area contributed by atoms with Crippen LogP contribution in [0.1, 0.15) is 47.4 Å². The van der Waals surface area contributed by atoms with Gasteiger partial charge in [0.25, 0.3) is 11.8 Å². The molecule has 1 saturated carbocycles. The Morgan fingerprint density at radius 3 is 2.23 bits per heavy atom. The normalized spacial score (nSPS) is 13.9. The highest BCUT2D eigenvalue weighted by Crippen LogP contribution is 2.20. The summed E-state index contributed by atoms with van der Waals surface area (Å²) in [6.45, 7) is 3.03. The SMILES string of the molecule is CC(C)(C(=O)O)n1cc(NC(=O)c2ccc(C(=O)NC3CC3)cc2)cn1. The second kappa shape index (κ2) is 6.62. The van der Waals surface area contributed by atoms with Crippen molar-refractivity contribution in [3.05, 3.63) is 47.8 Å². The van der Waals surface area contributed by atoms with Crippen LogP contribution in [0.4, 0.5) is 5.69 Å². The molecule has 0 aliphatic heterocycles. The van der Waals surface area contributed by atoms with Gasteiger partial charge in [0.2, 0.25) is 0 Å². The lowest BCUT2D eigenvalue weighted by Gasteiger charge is -2.19. The number of nitrogens with zero attached hydrogens (tertiary/aromatic N) is 2. The maximum absolute atomic E-state index is 12.3. The molecule has 1 aliphatic carbocycles. The zero-order valence-corrected chi connectivity index (χ0v) is 14.5. The first kappa shape index (κ1) is 17.7. The van der Waals surface area contributed by atoms with E-state index in [1.807, 2.05) is 0 Å². The number of carboxylic acids is 1. The largest absolute Gasteiger partial charge is 0.479 e. The summed E-state index contributed by atoms with van der Waals surface area (Å²) in [6.07, 6.45) is 4.88. The van der Waals surface area contributed by atoms with E-state index in [-0.39, 0.29) is 17.9 Å². The van der Waals surface area contributed by atoms with Gasteiger partial charge in [-0.25, -0.2) is 4.79 Å². The molecule has 8 heteroatoms. The van der Waals surface area contributed by atoms with Crippen molar-refractivity contribution in [2.24, 2.45) is 0 Å². The highest BCUT2D eigenvalue weighted by atomic mass is 16.4. The van der Waals surface area contributed by atoms with Gasteiger partial charge in [-0.15, -0.1) is 0 Å². The predicted octanol–water partition coefficient (Wildman–Crippen LogP) is 1.85. The van der Waals surface area contributed by atoms with Crippen LogP contribution in [0, 0.1) is 0 Å². The van der Waals surface area contributed by atoms with E-state index in [0.29, 0.717) is 16.8 Å². The van der Waals surface area contributed by atoms with E-state index >= 15 is 0 Å². The van der Waals surface area contributed by atoms with Crippen LogP contribution in [0.25, 0.3) is 0 Å². The number of anilines is 1. The van der Waals surface area contributed by atoms with Crippen molar-refractivity contribution in [1.82, 2.24) is 15.1 Å². The molecular formula is C18H20N4O4. The molecule has 0 unspecified atom stereocenters. The van der Waals surface area contributed by atoms with Crippen LogP contribution < -0.4 is 10.6 Å². The molecule has 8 nitrogen and oxygen atoms in total. The first-order valence-corrected chi connectivity index (χ1v) is 8.28. The molecule has 0 radical (unpaired) electrons. The van der Waals surface area contributed by atoms with Crippen molar-refractivity contribution in [2.45, 2.75) is 38.3 Å². The summed E-state index contributed by atoms with van der Waals surface area (Å²) in [7, 11) is 0. The number of rotatable bonds is 6. The highest BCUT2D eigenvalue weighted by Gasteiger charge is 2.30. The second-order valence-electron chi connectivity index (χ2n) is 6.82. The average molecular weight is 356 g/mol.